The minimum Gasteiger partial charge on any atom is -0.355 e. The maximum absolute atomic E-state index is 13.5. The first kappa shape index (κ1) is 23.4. The number of anilines is 1. The van der Waals surface area contributed by atoms with Crippen LogP contribution in [0.3, 0.4) is 0 Å². The lowest BCUT2D eigenvalue weighted by molar-refractivity contribution is -0.120. The lowest BCUT2D eigenvalue weighted by atomic mass is 9.98. The predicted octanol–water partition coefficient (Wildman–Crippen LogP) is 4.87. The number of rotatable bonds is 6. The van der Waals surface area contributed by atoms with Crippen LogP contribution in [0.2, 0.25) is 0 Å². The Balaban J connectivity index is 1.54. The van der Waals surface area contributed by atoms with Crippen molar-refractivity contribution >= 4 is 45.1 Å². The molecule has 0 spiro atoms. The second-order valence-corrected chi connectivity index (χ2v) is 11.1. The van der Waals surface area contributed by atoms with Crippen molar-refractivity contribution in [3.05, 3.63) is 63.2 Å². The molecule has 1 aliphatic rings. The zero-order chi connectivity index (χ0) is 23.6. The van der Waals surface area contributed by atoms with Gasteiger partial charge in [-0.2, -0.15) is 4.31 Å². The maximum Gasteiger partial charge on any atom is 0.248 e. The fourth-order valence-corrected chi connectivity index (χ4v) is 6.48. The zero-order valence-corrected chi connectivity index (χ0v) is 20.5. The quantitative estimate of drug-likeness (QED) is 0.538. The number of nitrogens with one attached hydrogen (secondary N) is 1. The topological polar surface area (TPSA) is 92.5 Å². The summed E-state index contributed by atoms with van der Waals surface area (Å²) in [5, 5.41) is 8.86. The van der Waals surface area contributed by atoms with E-state index in [9.17, 15) is 13.2 Å². The van der Waals surface area contributed by atoms with Gasteiger partial charge in [0.15, 0.2) is 10.7 Å². The number of hydrogen-bond donors (Lipinski definition) is 1. The van der Waals surface area contributed by atoms with Gasteiger partial charge in [0.05, 0.1) is 5.92 Å². The number of carbonyl (C=O) groups excluding carboxylic acids is 1. The Kier molecular flexibility index (Phi) is 6.83. The third-order valence-corrected chi connectivity index (χ3v) is 8.72. The third-order valence-electron chi connectivity index (χ3n) is 5.86. The normalized spacial score (nSPS) is 17.5. The molecule has 1 fully saturated rings. The molecule has 1 saturated heterocycles. The van der Waals surface area contributed by atoms with Crippen LogP contribution in [0.25, 0.3) is 12.2 Å². The van der Waals surface area contributed by atoms with Crippen LogP contribution in [0.1, 0.15) is 40.3 Å². The lowest BCUT2D eigenvalue weighted by Gasteiger charge is -2.31. The minimum absolute atomic E-state index is 0.0612. The van der Waals surface area contributed by atoms with Gasteiger partial charge in [0.1, 0.15) is 5.69 Å². The lowest BCUT2D eigenvalue weighted by Crippen LogP contribution is -2.44. The van der Waals surface area contributed by atoms with Crippen LogP contribution in [0.5, 0.6) is 0 Å². The van der Waals surface area contributed by atoms with E-state index < -0.39 is 15.9 Å². The van der Waals surface area contributed by atoms with Gasteiger partial charge < -0.3 is 9.84 Å². The van der Waals surface area contributed by atoms with Crippen LogP contribution in [0, 0.1) is 26.7 Å². The van der Waals surface area contributed by atoms with Gasteiger partial charge in [0.25, 0.3) is 0 Å². The fourth-order valence-electron chi connectivity index (χ4n) is 4.08. The van der Waals surface area contributed by atoms with Crippen LogP contribution < -0.4 is 5.32 Å². The fraction of sp³-hybridized carbons (Fsp3) is 0.333. The van der Waals surface area contributed by atoms with Gasteiger partial charge in [0, 0.05) is 23.7 Å². The van der Waals surface area contributed by atoms with Gasteiger partial charge in [-0.3, -0.25) is 4.79 Å². The summed E-state index contributed by atoms with van der Waals surface area (Å²) in [5.41, 5.74) is 3.05. The van der Waals surface area contributed by atoms with E-state index in [2.05, 4.69) is 10.5 Å². The summed E-state index contributed by atoms with van der Waals surface area (Å²) in [6.07, 6.45) is 4.68. The Morgan fingerprint density at radius 3 is 2.64 bits per heavy atom. The van der Waals surface area contributed by atoms with E-state index in [1.807, 2.05) is 49.6 Å². The van der Waals surface area contributed by atoms with E-state index in [-0.39, 0.29) is 23.1 Å². The highest BCUT2D eigenvalue weighted by atomic mass is 32.2. The summed E-state index contributed by atoms with van der Waals surface area (Å²) in [7, 11) is -3.88. The van der Waals surface area contributed by atoms with Crippen molar-refractivity contribution in [3.63, 3.8) is 0 Å². The molecule has 0 radical (unpaired) electrons. The molecule has 1 aliphatic heterocycles. The van der Waals surface area contributed by atoms with E-state index in [4.69, 9.17) is 4.52 Å². The monoisotopic (exact) mass is 485 g/mol. The molecule has 0 saturated carbocycles. The summed E-state index contributed by atoms with van der Waals surface area (Å²) in [5.74, 6) is -0.395. The van der Waals surface area contributed by atoms with Gasteiger partial charge >= 0.3 is 0 Å². The number of piperidine rings is 1. The molecule has 33 heavy (non-hydrogen) atoms. The van der Waals surface area contributed by atoms with E-state index in [0.717, 1.165) is 21.7 Å². The van der Waals surface area contributed by atoms with Crippen LogP contribution in [-0.4, -0.2) is 36.9 Å². The smallest absolute Gasteiger partial charge is 0.248 e. The first-order valence-electron chi connectivity index (χ1n) is 10.8. The van der Waals surface area contributed by atoms with Gasteiger partial charge in [-0.15, -0.1) is 11.3 Å². The van der Waals surface area contributed by atoms with Crippen LogP contribution in [0.4, 0.5) is 5.69 Å². The van der Waals surface area contributed by atoms with Gasteiger partial charge in [-0.25, -0.2) is 8.42 Å². The number of nitrogens with zero attached hydrogens (tertiary/aromatic N) is 2. The van der Waals surface area contributed by atoms with Crippen LogP contribution in [0.15, 0.2) is 45.1 Å². The molecule has 7 nitrogen and oxygen atoms in total. The molecule has 1 N–H and O–H groups in total. The summed E-state index contributed by atoms with van der Waals surface area (Å²) in [6, 6.07) is 9.69. The highest BCUT2D eigenvalue weighted by molar-refractivity contribution is 7.89. The number of aromatic nitrogens is 1. The van der Waals surface area contributed by atoms with Crippen LogP contribution in [-0.2, 0) is 14.8 Å². The van der Waals surface area contributed by atoms with Gasteiger partial charge in [0.2, 0.25) is 15.9 Å². The summed E-state index contributed by atoms with van der Waals surface area (Å²) in [4.78, 5) is 14.1. The zero-order valence-electron chi connectivity index (χ0n) is 18.9. The number of sulfonamides is 1. The third kappa shape index (κ3) is 4.95. The second-order valence-electron chi connectivity index (χ2n) is 8.27. The first-order chi connectivity index (χ1) is 15.8. The van der Waals surface area contributed by atoms with E-state index >= 15 is 0 Å². The Labute approximate surface area is 198 Å². The first-order valence-corrected chi connectivity index (χ1v) is 13.1. The van der Waals surface area contributed by atoms with Crippen molar-refractivity contribution in [1.82, 2.24) is 9.46 Å². The molecule has 1 aromatic carbocycles. The standard InChI is InChI=1S/C24H27N3O4S2/c1-16-7-4-8-17(2)22(16)25-24(28)19-9-5-13-27(15-19)33(29,30)23-18(3)26-31-21(23)12-11-20-10-6-14-32-20/h4,6-8,10-12,14,19H,5,9,13,15H2,1-3H3,(H,25,28)/b12-11+/t19-/m1/s1. The van der Waals surface area contributed by atoms with Crippen molar-refractivity contribution in [2.24, 2.45) is 5.92 Å². The average molecular weight is 486 g/mol. The van der Waals surface area contributed by atoms with E-state index in [0.29, 0.717) is 25.1 Å². The molecule has 3 aromatic rings. The molecule has 0 bridgehead atoms. The van der Waals surface area contributed by atoms with Crippen molar-refractivity contribution in [3.8, 4) is 0 Å². The van der Waals surface area contributed by atoms with Crippen molar-refractivity contribution in [2.45, 2.75) is 38.5 Å². The highest BCUT2D eigenvalue weighted by Crippen LogP contribution is 2.30. The Morgan fingerprint density at radius 2 is 1.94 bits per heavy atom. The average Bonchev–Trinajstić information content (AvgIpc) is 3.44. The van der Waals surface area contributed by atoms with Gasteiger partial charge in [-0.1, -0.05) is 29.4 Å². The molecule has 0 unspecified atom stereocenters. The number of benzene rings is 1. The summed E-state index contributed by atoms with van der Waals surface area (Å²) in [6.45, 7) is 5.99. The van der Waals surface area contributed by atoms with Gasteiger partial charge in [-0.05, 0) is 68.3 Å². The minimum atomic E-state index is -3.88. The second kappa shape index (κ2) is 9.62. The SMILES string of the molecule is Cc1cccc(C)c1NC(=O)[C@@H]1CCCN(S(=O)(=O)c2c(C)noc2/C=C/c2cccs2)C1. The van der Waals surface area contributed by atoms with E-state index in [1.54, 1.807) is 30.4 Å². The molecule has 2 aromatic heterocycles. The maximum atomic E-state index is 13.5. The molecule has 174 valence electrons. The number of amides is 1. The summed E-state index contributed by atoms with van der Waals surface area (Å²) < 4.78 is 33.8. The van der Waals surface area contributed by atoms with Crippen molar-refractivity contribution in [2.75, 3.05) is 18.4 Å². The number of aryl methyl sites for hydroxylation is 3. The highest BCUT2D eigenvalue weighted by Gasteiger charge is 2.37. The van der Waals surface area contributed by atoms with E-state index in [1.165, 1.54) is 4.31 Å². The number of carbonyl (C=O) groups is 1. The largest absolute Gasteiger partial charge is 0.355 e. The number of para-hydroxylation sites is 1. The Hall–Kier alpha value is -2.75. The molecular formula is C24H27N3O4S2. The molecule has 1 amide bonds. The Morgan fingerprint density at radius 1 is 1.18 bits per heavy atom. The molecule has 4 rings (SSSR count). The molecule has 3 heterocycles. The molecule has 1 atom stereocenters. The number of thiophene rings is 1. The van der Waals surface area contributed by atoms with Crippen molar-refractivity contribution in [1.29, 1.82) is 0 Å². The van der Waals surface area contributed by atoms with Crippen molar-refractivity contribution < 1.29 is 17.7 Å². The molecular weight excluding hydrogens is 458 g/mol. The predicted molar refractivity (Wildman–Crippen MR) is 131 cm³/mol. The molecule has 0 aliphatic carbocycles. The number of hydrogen-bond acceptors (Lipinski definition) is 6. The molecule has 9 heteroatoms. The Bertz CT molecular complexity index is 1260. The summed E-state index contributed by atoms with van der Waals surface area (Å²) >= 11 is 1.54. The van der Waals surface area contributed by atoms with Crippen LogP contribution >= 0.6 is 11.3 Å².